The van der Waals surface area contributed by atoms with E-state index in [4.69, 9.17) is 10.3 Å². The molecule has 0 aliphatic rings. The zero-order chi connectivity index (χ0) is 17.0. The number of carboxylic acid groups (broad SMARTS) is 1. The molecule has 0 atom stereocenters. The highest BCUT2D eigenvalue weighted by Gasteiger charge is 2.21. The highest BCUT2D eigenvalue weighted by atomic mass is 32.2. The predicted octanol–water partition coefficient (Wildman–Crippen LogP) is 1.71. The van der Waals surface area contributed by atoms with Gasteiger partial charge in [0.05, 0.1) is 21.2 Å². The topological polar surface area (TPSA) is 130 Å². The summed E-state index contributed by atoms with van der Waals surface area (Å²) < 4.78 is 25.3. The van der Waals surface area contributed by atoms with Crippen LogP contribution in [-0.4, -0.2) is 31.2 Å². The molecule has 0 radical (unpaired) electrons. The molecule has 0 aliphatic carbocycles. The molecule has 122 valence electrons. The lowest BCUT2D eigenvalue weighted by Gasteiger charge is -2.21. The van der Waals surface area contributed by atoms with Gasteiger partial charge in [0.2, 0.25) is 9.84 Å². The second kappa shape index (κ2) is 6.65. The van der Waals surface area contributed by atoms with Crippen LogP contribution in [0.15, 0.2) is 58.3 Å². The Hall–Kier alpha value is -2.62. The van der Waals surface area contributed by atoms with Gasteiger partial charge in [0.15, 0.2) is 0 Å². The molecule has 0 saturated heterocycles. The summed E-state index contributed by atoms with van der Waals surface area (Å²) in [5, 5.41) is 30.4. The minimum atomic E-state index is -3.92. The average molecular weight is 337 g/mol. The Kier molecular flexibility index (Phi) is 4.84. The van der Waals surface area contributed by atoms with Gasteiger partial charge in [0, 0.05) is 0 Å². The van der Waals surface area contributed by atoms with Gasteiger partial charge in [-0.25, -0.2) is 8.42 Å². The fourth-order valence-corrected chi connectivity index (χ4v) is 3.33. The quantitative estimate of drug-likeness (QED) is 0.679. The van der Waals surface area contributed by atoms with Gasteiger partial charge in [-0.3, -0.25) is 10.0 Å². The lowest BCUT2D eigenvalue weighted by atomic mass is 10.3. The number of carbonyl (C=O) groups is 1. The van der Waals surface area contributed by atoms with Gasteiger partial charge >= 0.3 is 5.97 Å². The maximum atomic E-state index is 12.6. The monoisotopic (exact) mass is 337 g/mol. The number of anilines is 2. The zero-order valence-corrected chi connectivity index (χ0v) is 12.5. The number of nitrogens with one attached hydrogen (secondary N) is 1. The van der Waals surface area contributed by atoms with Gasteiger partial charge in [0.1, 0.15) is 6.54 Å². The van der Waals surface area contributed by atoms with E-state index in [9.17, 15) is 18.4 Å². The van der Waals surface area contributed by atoms with Gasteiger partial charge < -0.3 is 20.9 Å². The van der Waals surface area contributed by atoms with Crippen molar-refractivity contribution >= 4 is 27.2 Å². The third kappa shape index (κ3) is 3.77. The van der Waals surface area contributed by atoms with Crippen LogP contribution in [0.25, 0.3) is 0 Å². The van der Waals surface area contributed by atoms with E-state index < -0.39 is 22.4 Å². The van der Waals surface area contributed by atoms with Crippen LogP contribution < -0.4 is 10.5 Å². The average Bonchev–Trinajstić information content (AvgIpc) is 2.53. The summed E-state index contributed by atoms with van der Waals surface area (Å²) in [6.07, 6.45) is 0. The van der Waals surface area contributed by atoms with Crippen LogP contribution in [-0.2, 0) is 14.6 Å². The van der Waals surface area contributed by atoms with Crippen molar-refractivity contribution in [2.75, 3.05) is 17.1 Å². The molecule has 2 rings (SSSR count). The maximum absolute atomic E-state index is 12.6. The summed E-state index contributed by atoms with van der Waals surface area (Å²) in [7, 11) is -3.92. The van der Waals surface area contributed by atoms with Crippen LogP contribution in [0.4, 0.5) is 11.4 Å². The van der Waals surface area contributed by atoms with Crippen molar-refractivity contribution in [2.24, 2.45) is 0 Å². The molecule has 3 N–H and O–H groups in total. The van der Waals surface area contributed by atoms with E-state index in [1.165, 1.54) is 30.3 Å². The van der Waals surface area contributed by atoms with Gasteiger partial charge in [-0.1, -0.05) is 12.1 Å². The summed E-state index contributed by atoms with van der Waals surface area (Å²) in [5.74, 6) is -1.12. The zero-order valence-electron chi connectivity index (χ0n) is 11.7. The first-order valence-electron chi connectivity index (χ1n) is 6.38. The van der Waals surface area contributed by atoms with E-state index in [0.29, 0.717) is 0 Å². The Morgan fingerprint density at radius 3 is 2.30 bits per heavy atom. The first-order chi connectivity index (χ1) is 10.8. The van der Waals surface area contributed by atoms with E-state index in [1.807, 2.05) is 0 Å². The fourth-order valence-electron chi connectivity index (χ4n) is 1.90. The lowest BCUT2D eigenvalue weighted by molar-refractivity contribution is -0.134. The van der Waals surface area contributed by atoms with Crippen molar-refractivity contribution < 1.29 is 23.5 Å². The molecule has 0 aliphatic heterocycles. The van der Waals surface area contributed by atoms with Crippen molar-refractivity contribution in [2.45, 2.75) is 9.79 Å². The number of aliphatic carboxylic acids is 1. The Labute approximate surface area is 132 Å². The Morgan fingerprint density at radius 2 is 1.74 bits per heavy atom. The molecule has 0 amide bonds. The van der Waals surface area contributed by atoms with Crippen molar-refractivity contribution in [1.29, 1.82) is 0 Å². The molecule has 9 heteroatoms. The minimum Gasteiger partial charge on any atom is -0.733 e. The van der Waals surface area contributed by atoms with E-state index in [-0.39, 0.29) is 26.4 Å². The van der Waals surface area contributed by atoms with Gasteiger partial charge in [-0.2, -0.15) is 0 Å². The van der Waals surface area contributed by atoms with E-state index >= 15 is 0 Å². The Balaban J connectivity index is 2.41. The Morgan fingerprint density at radius 1 is 1.13 bits per heavy atom. The number of hydrogen-bond donors (Lipinski definition) is 3. The second-order valence-corrected chi connectivity index (χ2v) is 6.43. The van der Waals surface area contributed by atoms with Crippen LogP contribution in [0.2, 0.25) is 0 Å². The molecule has 0 spiro atoms. The van der Waals surface area contributed by atoms with Crippen LogP contribution in [0.5, 0.6) is 0 Å². The SMILES string of the molecule is O=C(O)CNc1ccccc1S(=O)(=O)c1ccc(N([O-])O)cc1. The molecule has 0 aromatic heterocycles. The van der Waals surface area contributed by atoms with Gasteiger partial charge in [-0.15, -0.1) is 0 Å². The summed E-state index contributed by atoms with van der Waals surface area (Å²) >= 11 is 0. The maximum Gasteiger partial charge on any atom is 0.322 e. The number of rotatable bonds is 6. The van der Waals surface area contributed by atoms with E-state index in [2.05, 4.69) is 5.32 Å². The van der Waals surface area contributed by atoms with E-state index in [1.54, 1.807) is 6.07 Å². The first-order valence-corrected chi connectivity index (χ1v) is 7.86. The lowest BCUT2D eigenvalue weighted by Crippen LogP contribution is -2.15. The van der Waals surface area contributed by atoms with Gasteiger partial charge in [0.25, 0.3) is 0 Å². The highest BCUT2D eigenvalue weighted by Crippen LogP contribution is 2.28. The minimum absolute atomic E-state index is 0.0861. The molecule has 2 aromatic carbocycles. The van der Waals surface area contributed by atoms with Crippen molar-refractivity contribution in [3.63, 3.8) is 0 Å². The largest absolute Gasteiger partial charge is 0.733 e. The summed E-state index contributed by atoms with van der Waals surface area (Å²) in [4.78, 5) is 10.5. The van der Waals surface area contributed by atoms with Crippen LogP contribution in [0.3, 0.4) is 0 Å². The molecule has 0 fully saturated rings. The fraction of sp³-hybridized carbons (Fsp3) is 0.0714. The molecular weight excluding hydrogens is 324 g/mol. The third-order valence-corrected chi connectivity index (χ3v) is 4.80. The van der Waals surface area contributed by atoms with E-state index in [0.717, 1.165) is 12.1 Å². The first kappa shape index (κ1) is 16.7. The van der Waals surface area contributed by atoms with Crippen LogP contribution in [0, 0.1) is 5.21 Å². The molecule has 0 bridgehead atoms. The Bertz CT molecular complexity index is 802. The summed E-state index contributed by atoms with van der Waals surface area (Å²) in [6.45, 7) is -0.429. The summed E-state index contributed by atoms with van der Waals surface area (Å²) in [5.41, 5.74) is 0.0489. The molecular formula is C14H13N2O6S-. The molecule has 0 saturated carbocycles. The van der Waals surface area contributed by atoms with Crippen LogP contribution >= 0.6 is 0 Å². The molecule has 8 nitrogen and oxygen atoms in total. The number of para-hydroxylation sites is 1. The third-order valence-electron chi connectivity index (χ3n) is 2.97. The summed E-state index contributed by atoms with van der Waals surface area (Å²) in [6, 6.07) is 10.6. The molecule has 0 heterocycles. The predicted molar refractivity (Wildman–Crippen MR) is 82.1 cm³/mol. The van der Waals surface area contributed by atoms with Crippen molar-refractivity contribution in [3.8, 4) is 0 Å². The molecule has 0 unspecified atom stereocenters. The van der Waals surface area contributed by atoms with Gasteiger partial charge in [-0.05, 0) is 36.4 Å². The number of sulfone groups is 1. The van der Waals surface area contributed by atoms with Crippen molar-refractivity contribution in [3.05, 3.63) is 53.7 Å². The van der Waals surface area contributed by atoms with Crippen LogP contribution in [0.1, 0.15) is 0 Å². The number of hydrogen-bond acceptors (Lipinski definition) is 7. The number of nitrogens with zero attached hydrogens (tertiary/aromatic N) is 1. The molecule has 2 aromatic rings. The van der Waals surface area contributed by atoms with Crippen molar-refractivity contribution in [1.82, 2.24) is 0 Å². The normalized spacial score (nSPS) is 11.0. The second-order valence-electron chi connectivity index (χ2n) is 4.51. The molecule has 23 heavy (non-hydrogen) atoms. The smallest absolute Gasteiger partial charge is 0.322 e. The standard InChI is InChI=1S/C14H13N2O6S/c17-14(18)9-15-12-3-1-2-4-13(12)23(21,22)11-7-5-10(6-8-11)16(19)20/h1-8,15,19H,9H2,(H,17,18)/q-1. The number of carboxylic acids is 1. The highest BCUT2D eigenvalue weighted by molar-refractivity contribution is 7.91. The number of benzene rings is 2.